The van der Waals surface area contributed by atoms with Crippen molar-refractivity contribution in [3.05, 3.63) is 0 Å². The van der Waals surface area contributed by atoms with E-state index in [1.165, 1.54) is 0 Å². The summed E-state index contributed by atoms with van der Waals surface area (Å²) >= 11 is 0. The molecule has 3 amide bonds. The maximum absolute atomic E-state index is 13.2. The van der Waals surface area contributed by atoms with Crippen molar-refractivity contribution >= 4 is 23.5 Å². The lowest BCUT2D eigenvalue weighted by atomic mass is 9.91. The molecule has 35 heavy (non-hydrogen) atoms. The molecule has 3 aliphatic rings. The molecule has 0 radical (unpaired) electrons. The number of amides is 3. The van der Waals surface area contributed by atoms with Gasteiger partial charge in [0, 0.05) is 32.3 Å². The van der Waals surface area contributed by atoms with Crippen LogP contribution >= 0.6 is 0 Å². The highest BCUT2D eigenvalue weighted by Gasteiger charge is 2.37. The average Bonchev–Trinajstić information content (AvgIpc) is 3.49. The van der Waals surface area contributed by atoms with Crippen molar-refractivity contribution in [1.82, 2.24) is 16.0 Å². The van der Waals surface area contributed by atoms with Gasteiger partial charge in [-0.3, -0.25) is 23.9 Å². The molecular formula is C22H32F3N3O7. The van der Waals surface area contributed by atoms with E-state index in [1.807, 2.05) is 0 Å². The van der Waals surface area contributed by atoms with Crippen molar-refractivity contribution in [2.24, 2.45) is 11.8 Å². The van der Waals surface area contributed by atoms with Gasteiger partial charge in [-0.1, -0.05) is 0 Å². The van der Waals surface area contributed by atoms with E-state index in [2.05, 4.69) is 20.7 Å². The molecule has 0 aromatic rings. The lowest BCUT2D eigenvalue weighted by Gasteiger charge is -2.29. The maximum Gasteiger partial charge on any atom is 0.522 e. The van der Waals surface area contributed by atoms with Crippen LogP contribution in [0.4, 0.5) is 13.2 Å². The molecule has 3 N–H and O–H groups in total. The topological polar surface area (TPSA) is 132 Å². The molecular weight excluding hydrogens is 475 g/mol. The van der Waals surface area contributed by atoms with Crippen LogP contribution in [0.2, 0.25) is 0 Å². The summed E-state index contributed by atoms with van der Waals surface area (Å²) < 4.78 is 51.9. The lowest BCUT2D eigenvalue weighted by Crippen LogP contribution is -2.55. The molecule has 0 spiro atoms. The Morgan fingerprint density at radius 3 is 2.37 bits per heavy atom. The Morgan fingerprint density at radius 2 is 1.77 bits per heavy atom. The SMILES string of the molecule is O=C(N[C@@H](C[C@@H]1CCNC1=O)C(=O)COC(F)(F)F)C(CC1CCOCC1)NC(=O)[C@H]1CCCO1. The molecule has 3 heterocycles. The van der Waals surface area contributed by atoms with Gasteiger partial charge in [-0.15, -0.1) is 13.2 Å². The molecule has 0 saturated carbocycles. The Bertz CT molecular complexity index is 768. The third-order valence-electron chi connectivity index (χ3n) is 6.53. The predicted octanol–water partition coefficient (Wildman–Crippen LogP) is 0.583. The summed E-state index contributed by atoms with van der Waals surface area (Å²) in [5.74, 6) is -3.05. The Balaban J connectivity index is 1.70. The fraction of sp³-hybridized carbons (Fsp3) is 0.818. The van der Waals surface area contributed by atoms with Crippen molar-refractivity contribution in [2.75, 3.05) is 33.0 Å². The van der Waals surface area contributed by atoms with Crippen LogP contribution in [-0.2, 0) is 33.4 Å². The van der Waals surface area contributed by atoms with Crippen LogP contribution in [0.25, 0.3) is 0 Å². The maximum atomic E-state index is 13.2. The highest BCUT2D eigenvalue weighted by Crippen LogP contribution is 2.23. The monoisotopic (exact) mass is 507 g/mol. The van der Waals surface area contributed by atoms with Gasteiger partial charge in [0.05, 0.1) is 6.04 Å². The molecule has 13 heteroatoms. The zero-order valence-electron chi connectivity index (χ0n) is 19.4. The van der Waals surface area contributed by atoms with Gasteiger partial charge >= 0.3 is 6.36 Å². The molecule has 198 valence electrons. The van der Waals surface area contributed by atoms with E-state index in [0.717, 1.165) is 0 Å². The fourth-order valence-corrected chi connectivity index (χ4v) is 4.55. The molecule has 4 atom stereocenters. The van der Waals surface area contributed by atoms with Crippen LogP contribution < -0.4 is 16.0 Å². The van der Waals surface area contributed by atoms with Gasteiger partial charge in [-0.05, 0) is 50.9 Å². The zero-order chi connectivity index (χ0) is 25.4. The van der Waals surface area contributed by atoms with Crippen LogP contribution in [0, 0.1) is 11.8 Å². The number of alkyl halides is 3. The first-order valence-electron chi connectivity index (χ1n) is 11.9. The van der Waals surface area contributed by atoms with Crippen molar-refractivity contribution in [2.45, 2.75) is 69.5 Å². The molecule has 3 fully saturated rings. The zero-order valence-corrected chi connectivity index (χ0v) is 19.4. The van der Waals surface area contributed by atoms with E-state index >= 15 is 0 Å². The first kappa shape index (κ1) is 27.3. The smallest absolute Gasteiger partial charge is 0.381 e. The van der Waals surface area contributed by atoms with E-state index in [9.17, 15) is 32.3 Å². The minimum absolute atomic E-state index is 0.0765. The second-order valence-electron chi connectivity index (χ2n) is 9.13. The minimum atomic E-state index is -5.02. The van der Waals surface area contributed by atoms with E-state index in [1.54, 1.807) is 0 Å². The van der Waals surface area contributed by atoms with Crippen LogP contribution in [0.1, 0.15) is 44.9 Å². The predicted molar refractivity (Wildman–Crippen MR) is 114 cm³/mol. The number of ketones is 1. The van der Waals surface area contributed by atoms with E-state index < -0.39 is 54.7 Å². The summed E-state index contributed by atoms with van der Waals surface area (Å²) in [4.78, 5) is 50.4. The summed E-state index contributed by atoms with van der Waals surface area (Å²) in [7, 11) is 0. The van der Waals surface area contributed by atoms with Crippen LogP contribution in [0.15, 0.2) is 0 Å². The Morgan fingerprint density at radius 1 is 1.03 bits per heavy atom. The minimum Gasteiger partial charge on any atom is -0.381 e. The van der Waals surface area contributed by atoms with Crippen LogP contribution in [-0.4, -0.2) is 81.0 Å². The standard InChI is InChI=1S/C22H32F3N3O7/c23-22(24,25)35-12-17(29)15(11-14-3-6-26-19(14)30)27-20(31)16(10-13-4-8-33-9-5-13)28-21(32)18-2-1-7-34-18/h13-16,18H,1-12H2,(H,26,30)(H,27,31)(H,28,32)/t14-,15-,16?,18+/m0/s1. The van der Waals surface area contributed by atoms with Gasteiger partial charge in [0.2, 0.25) is 17.7 Å². The van der Waals surface area contributed by atoms with Gasteiger partial charge in [-0.2, -0.15) is 0 Å². The van der Waals surface area contributed by atoms with Gasteiger partial charge in [-0.25, -0.2) is 0 Å². The Hall–Kier alpha value is -2.25. The number of hydrogen-bond acceptors (Lipinski definition) is 7. The number of Topliss-reactive ketones (excluding diaryl/α,β-unsaturated/α-hetero) is 1. The third-order valence-corrected chi connectivity index (χ3v) is 6.53. The van der Waals surface area contributed by atoms with Gasteiger partial charge < -0.3 is 25.4 Å². The van der Waals surface area contributed by atoms with Gasteiger partial charge in [0.1, 0.15) is 18.8 Å². The summed E-state index contributed by atoms with van der Waals surface area (Å²) in [5, 5.41) is 7.77. The summed E-state index contributed by atoms with van der Waals surface area (Å²) in [6.45, 7) is 0.557. The van der Waals surface area contributed by atoms with E-state index in [0.29, 0.717) is 58.5 Å². The number of carbonyl (C=O) groups is 4. The Labute approximate surface area is 201 Å². The third kappa shape index (κ3) is 8.73. The van der Waals surface area contributed by atoms with E-state index in [4.69, 9.17) is 9.47 Å². The summed E-state index contributed by atoms with van der Waals surface area (Å²) in [6, 6.07) is -2.40. The van der Waals surface area contributed by atoms with Gasteiger partial charge in [0.15, 0.2) is 5.78 Å². The molecule has 1 unspecified atom stereocenters. The highest BCUT2D eigenvalue weighted by atomic mass is 19.4. The molecule has 3 saturated heterocycles. The molecule has 0 aliphatic carbocycles. The molecule has 3 rings (SSSR count). The van der Waals surface area contributed by atoms with E-state index in [-0.39, 0.29) is 24.7 Å². The van der Waals surface area contributed by atoms with Crippen LogP contribution in [0.3, 0.4) is 0 Å². The first-order valence-corrected chi connectivity index (χ1v) is 11.9. The molecule has 0 aromatic carbocycles. The first-order chi connectivity index (χ1) is 16.6. The molecule has 3 aliphatic heterocycles. The number of carbonyl (C=O) groups excluding carboxylic acids is 4. The number of ether oxygens (including phenoxy) is 3. The molecule has 0 bridgehead atoms. The average molecular weight is 508 g/mol. The van der Waals surface area contributed by atoms with Crippen LogP contribution in [0.5, 0.6) is 0 Å². The quantitative estimate of drug-likeness (QED) is 0.373. The number of hydrogen-bond donors (Lipinski definition) is 3. The number of halogens is 3. The molecule has 10 nitrogen and oxygen atoms in total. The second-order valence-corrected chi connectivity index (χ2v) is 9.13. The highest BCUT2D eigenvalue weighted by molar-refractivity contribution is 5.94. The number of rotatable bonds is 11. The largest absolute Gasteiger partial charge is 0.522 e. The van der Waals surface area contributed by atoms with Crippen molar-refractivity contribution in [1.29, 1.82) is 0 Å². The summed E-state index contributed by atoms with van der Waals surface area (Å²) in [5.41, 5.74) is 0. The molecule has 0 aromatic heterocycles. The number of nitrogens with one attached hydrogen (secondary N) is 3. The van der Waals surface area contributed by atoms with Crippen molar-refractivity contribution < 1.29 is 46.6 Å². The van der Waals surface area contributed by atoms with Crippen molar-refractivity contribution in [3.63, 3.8) is 0 Å². The lowest BCUT2D eigenvalue weighted by molar-refractivity contribution is -0.321. The normalized spacial score (nSPS) is 25.1. The second kappa shape index (κ2) is 12.6. The fourth-order valence-electron chi connectivity index (χ4n) is 4.55. The van der Waals surface area contributed by atoms with Gasteiger partial charge in [0.25, 0.3) is 0 Å². The summed E-state index contributed by atoms with van der Waals surface area (Å²) in [6.07, 6.45) is -2.60. The van der Waals surface area contributed by atoms with Crippen molar-refractivity contribution in [3.8, 4) is 0 Å². The Kier molecular flexibility index (Phi) is 9.87.